The average molecular weight is 817 g/mol. The third kappa shape index (κ3) is 5.82. The molecule has 0 unspecified atom stereocenters. The summed E-state index contributed by atoms with van der Waals surface area (Å²) in [6.45, 7) is 0. The molecule has 300 valence electrons. The number of nitrogens with zero attached hydrogens (tertiary/aromatic N) is 2. The Kier molecular flexibility index (Phi) is 8.42. The van der Waals surface area contributed by atoms with E-state index in [0.717, 1.165) is 52.6 Å². The Morgan fingerprint density at radius 2 is 1.16 bits per heavy atom. The van der Waals surface area contributed by atoms with Crippen LogP contribution in [-0.4, -0.2) is 16.2 Å². The third-order valence-electron chi connectivity index (χ3n) is 13.6. The second-order valence-electron chi connectivity index (χ2n) is 17.2. The molecule has 3 heteroatoms. The average Bonchev–Trinajstić information content (AvgIpc) is 3.36. The van der Waals surface area contributed by atoms with Crippen LogP contribution < -0.4 is 5.32 Å². The number of aliphatic imine (C=N–C) groups is 1. The molecular weight excluding hydrogens is 775 g/mol. The van der Waals surface area contributed by atoms with E-state index in [0.29, 0.717) is 0 Å². The smallest absolute Gasteiger partial charge is 0.279 e. The highest BCUT2D eigenvalue weighted by molar-refractivity contribution is 6.24. The second kappa shape index (κ2) is 14.8. The fraction of sp³-hybridized carbons (Fsp3) is 0.0492. The van der Waals surface area contributed by atoms with Crippen molar-refractivity contribution in [2.45, 2.75) is 18.9 Å². The van der Waals surface area contributed by atoms with Crippen molar-refractivity contribution in [2.24, 2.45) is 4.99 Å². The first-order valence-electron chi connectivity index (χ1n) is 22.4. The Morgan fingerprint density at radius 1 is 0.484 bits per heavy atom. The molecule has 1 atom stereocenters. The van der Waals surface area contributed by atoms with E-state index in [1.807, 2.05) is 0 Å². The SMILES string of the molecule is C1=Cc2c(C3=[N+](c4cccc(-c5ccc6c(c5)-c5c(-c7ccccc7)cccc5[C@@H](c5ccccc5)N6)c4)C(c4cc5ccccc5c5ccccc45)=N3)cc3ccccc3c2CC1. The van der Waals surface area contributed by atoms with Gasteiger partial charge in [-0.3, -0.25) is 0 Å². The number of hydrogen-bond donors (Lipinski definition) is 1. The Labute approximate surface area is 372 Å². The fourth-order valence-corrected chi connectivity index (χ4v) is 10.6. The lowest BCUT2D eigenvalue weighted by Crippen LogP contribution is -2.35. The summed E-state index contributed by atoms with van der Waals surface area (Å²) in [5.74, 6) is 1.93. The first-order chi connectivity index (χ1) is 31.7. The molecule has 0 saturated heterocycles. The minimum absolute atomic E-state index is 0.0292. The lowest BCUT2D eigenvalue weighted by molar-refractivity contribution is -0.319. The molecule has 1 aliphatic carbocycles. The molecule has 0 saturated carbocycles. The molecule has 2 heterocycles. The van der Waals surface area contributed by atoms with Crippen LogP contribution >= 0.6 is 0 Å². The number of allylic oxidation sites excluding steroid dienone is 1. The molecular formula is C61H42N3+. The van der Waals surface area contributed by atoms with Gasteiger partial charge in [0.1, 0.15) is 5.69 Å². The first-order valence-corrected chi connectivity index (χ1v) is 22.4. The van der Waals surface area contributed by atoms with Crippen LogP contribution in [0, 0.1) is 0 Å². The quantitative estimate of drug-likeness (QED) is 0.131. The largest absolute Gasteiger partial charge is 0.374 e. The van der Waals surface area contributed by atoms with Gasteiger partial charge in [0.25, 0.3) is 11.7 Å². The van der Waals surface area contributed by atoms with Crippen molar-refractivity contribution in [1.82, 2.24) is 0 Å². The number of hydrogen-bond acceptors (Lipinski definition) is 2. The van der Waals surface area contributed by atoms with Gasteiger partial charge >= 0.3 is 0 Å². The molecule has 0 fully saturated rings. The Hall–Kier alpha value is -8.14. The van der Waals surface area contributed by atoms with Crippen molar-refractivity contribution in [3.05, 3.63) is 246 Å². The van der Waals surface area contributed by atoms with E-state index in [1.54, 1.807) is 0 Å². The zero-order valence-electron chi connectivity index (χ0n) is 35.2. The summed E-state index contributed by atoms with van der Waals surface area (Å²) in [7, 11) is 0. The standard InChI is InChI=1S/C61H42N3/c1-3-17-39(18-4-1)48-31-16-32-53-58(48)56-36-42(33-34-57(56)62-59(53)40-19-5-2-6-20-40)41-23-15-24-45(35-41)64-60(54-37-43-21-7-9-25-46(43)49-27-11-13-29-51(49)54)63-61(64)55-38-44-22-8-10-26-47(44)50-28-12-14-30-52(50)55/h1-11,13-27,29-38,59,62H,12,28H2/q+1/t59-/m1/s1. The number of benzene rings is 10. The van der Waals surface area contributed by atoms with Crippen LogP contribution in [0.1, 0.15) is 45.8 Å². The van der Waals surface area contributed by atoms with Gasteiger partial charge in [0.2, 0.25) is 0 Å². The van der Waals surface area contributed by atoms with E-state index in [1.165, 1.54) is 82.4 Å². The van der Waals surface area contributed by atoms with Crippen LogP contribution in [0.3, 0.4) is 0 Å². The summed E-state index contributed by atoms with van der Waals surface area (Å²) in [4.78, 5) is 5.56. The zero-order valence-corrected chi connectivity index (χ0v) is 35.2. The van der Waals surface area contributed by atoms with Gasteiger partial charge < -0.3 is 5.32 Å². The molecule has 3 nitrogen and oxygen atoms in total. The monoisotopic (exact) mass is 816 g/mol. The zero-order chi connectivity index (χ0) is 42.1. The van der Waals surface area contributed by atoms with Crippen molar-refractivity contribution in [3.8, 4) is 33.4 Å². The molecule has 64 heavy (non-hydrogen) atoms. The summed E-state index contributed by atoms with van der Waals surface area (Å²) in [5.41, 5.74) is 17.0. The Bertz CT molecular complexity index is 3630. The van der Waals surface area contributed by atoms with Gasteiger partial charge in [0, 0.05) is 11.3 Å². The number of fused-ring (bicyclic) bond motifs is 9. The van der Waals surface area contributed by atoms with Crippen molar-refractivity contribution in [1.29, 1.82) is 0 Å². The highest BCUT2D eigenvalue weighted by Gasteiger charge is 2.37. The summed E-state index contributed by atoms with van der Waals surface area (Å²) < 4.78 is 2.42. The molecule has 1 N–H and O–H groups in total. The van der Waals surface area contributed by atoms with Gasteiger partial charge in [-0.25, -0.2) is 0 Å². The third-order valence-corrected chi connectivity index (χ3v) is 13.6. The van der Waals surface area contributed by atoms with Gasteiger partial charge in [-0.2, -0.15) is 4.58 Å². The molecule has 0 spiro atoms. The maximum atomic E-state index is 5.56. The van der Waals surface area contributed by atoms with Crippen molar-refractivity contribution in [3.63, 3.8) is 0 Å². The maximum absolute atomic E-state index is 5.56. The molecule has 0 bridgehead atoms. The van der Waals surface area contributed by atoms with E-state index in [-0.39, 0.29) is 6.04 Å². The highest BCUT2D eigenvalue weighted by Crippen LogP contribution is 2.49. The molecule has 0 aromatic heterocycles. The number of anilines is 1. The normalized spacial score (nSPS) is 15.0. The summed E-state index contributed by atoms with van der Waals surface area (Å²) in [5, 5.41) is 11.4. The van der Waals surface area contributed by atoms with E-state index < -0.39 is 0 Å². The summed E-state index contributed by atoms with van der Waals surface area (Å²) >= 11 is 0. The van der Waals surface area contributed by atoms with Gasteiger partial charge in [-0.05, 0) is 132 Å². The Balaban J connectivity index is 1.00. The second-order valence-corrected chi connectivity index (χ2v) is 17.2. The molecule has 10 aromatic carbocycles. The number of nitrogens with one attached hydrogen (secondary N) is 1. The Morgan fingerprint density at radius 3 is 2.00 bits per heavy atom. The lowest BCUT2D eigenvalue weighted by atomic mass is 9.81. The maximum Gasteiger partial charge on any atom is 0.279 e. The molecule has 0 amide bonds. The highest BCUT2D eigenvalue weighted by atomic mass is 15.2. The van der Waals surface area contributed by atoms with E-state index >= 15 is 0 Å². The molecule has 13 rings (SSSR count). The predicted molar refractivity (Wildman–Crippen MR) is 268 cm³/mol. The minimum Gasteiger partial charge on any atom is -0.374 e. The van der Waals surface area contributed by atoms with Gasteiger partial charge in [0.05, 0.1) is 17.2 Å². The molecule has 0 radical (unpaired) electrons. The van der Waals surface area contributed by atoms with Crippen molar-refractivity contribution < 1.29 is 4.58 Å². The van der Waals surface area contributed by atoms with E-state index in [9.17, 15) is 0 Å². The lowest BCUT2D eigenvalue weighted by Gasteiger charge is -2.32. The number of rotatable bonds is 6. The fourth-order valence-electron chi connectivity index (χ4n) is 10.6. The van der Waals surface area contributed by atoms with Crippen LogP contribution in [0.2, 0.25) is 0 Å². The predicted octanol–water partition coefficient (Wildman–Crippen LogP) is 15.2. The summed E-state index contributed by atoms with van der Waals surface area (Å²) in [6.07, 6.45) is 6.70. The number of amidine groups is 2. The molecule has 2 aliphatic heterocycles. The number of aryl methyl sites for hydroxylation is 1. The van der Waals surface area contributed by atoms with Crippen LogP contribution in [-0.2, 0) is 6.42 Å². The molecule has 3 aliphatic rings. The minimum atomic E-state index is 0.0292. The van der Waals surface area contributed by atoms with Crippen LogP contribution in [0.4, 0.5) is 11.4 Å². The van der Waals surface area contributed by atoms with Crippen LogP contribution in [0.15, 0.2) is 217 Å². The van der Waals surface area contributed by atoms with Gasteiger partial charge in [-0.1, -0.05) is 187 Å². The van der Waals surface area contributed by atoms with Crippen molar-refractivity contribution in [2.75, 3.05) is 5.32 Å². The topological polar surface area (TPSA) is 27.4 Å². The van der Waals surface area contributed by atoms with Gasteiger partial charge in [-0.15, -0.1) is 0 Å². The van der Waals surface area contributed by atoms with Crippen LogP contribution in [0.25, 0.3) is 71.8 Å². The summed E-state index contributed by atoms with van der Waals surface area (Å²) in [6, 6.07) is 75.5. The van der Waals surface area contributed by atoms with Crippen molar-refractivity contribution >= 4 is 61.4 Å². The van der Waals surface area contributed by atoms with E-state index in [4.69, 9.17) is 4.99 Å². The first kappa shape index (κ1) is 36.5. The van der Waals surface area contributed by atoms with E-state index in [2.05, 4.69) is 228 Å². The molecule has 10 aromatic rings. The van der Waals surface area contributed by atoms with Gasteiger partial charge in [0.15, 0.2) is 0 Å². The van der Waals surface area contributed by atoms with Crippen LogP contribution in [0.5, 0.6) is 0 Å².